The van der Waals surface area contributed by atoms with E-state index in [2.05, 4.69) is 10.6 Å². The van der Waals surface area contributed by atoms with Gasteiger partial charge in [-0.1, -0.05) is 23.7 Å². The van der Waals surface area contributed by atoms with Crippen molar-refractivity contribution in [1.82, 2.24) is 10.6 Å². The average Bonchev–Trinajstić information content (AvgIpc) is 3.19. The molecule has 22 heavy (non-hydrogen) atoms. The number of carbonyl (C=O) groups is 3. The topological polar surface area (TPSA) is 95.5 Å². The molecule has 0 saturated heterocycles. The van der Waals surface area contributed by atoms with E-state index in [9.17, 15) is 14.4 Å². The summed E-state index contributed by atoms with van der Waals surface area (Å²) in [5, 5.41) is 14.9. The highest BCUT2D eigenvalue weighted by atomic mass is 35.5. The highest BCUT2D eigenvalue weighted by Crippen LogP contribution is 2.35. The van der Waals surface area contributed by atoms with Gasteiger partial charge in [-0.05, 0) is 30.5 Å². The van der Waals surface area contributed by atoms with Gasteiger partial charge in [-0.2, -0.15) is 0 Å². The van der Waals surface area contributed by atoms with Gasteiger partial charge in [0, 0.05) is 11.9 Å². The molecule has 1 aliphatic carbocycles. The molecular weight excluding hydrogens is 308 g/mol. The van der Waals surface area contributed by atoms with Crippen molar-refractivity contribution >= 4 is 29.4 Å². The van der Waals surface area contributed by atoms with E-state index in [-0.39, 0.29) is 12.3 Å². The van der Waals surface area contributed by atoms with Crippen LogP contribution in [0.2, 0.25) is 5.02 Å². The second-order valence-corrected chi connectivity index (χ2v) is 5.88. The number of halogens is 1. The SMILES string of the molecule is CC(=O)NC(CC(=O)NC1(C(=O)O)CC1)c1ccc(Cl)cc1. The van der Waals surface area contributed by atoms with Crippen molar-refractivity contribution in [1.29, 1.82) is 0 Å². The summed E-state index contributed by atoms with van der Waals surface area (Å²) in [7, 11) is 0. The fourth-order valence-electron chi connectivity index (χ4n) is 2.21. The van der Waals surface area contributed by atoms with Crippen LogP contribution in [0.1, 0.15) is 37.8 Å². The van der Waals surface area contributed by atoms with Gasteiger partial charge in [-0.15, -0.1) is 0 Å². The maximum Gasteiger partial charge on any atom is 0.329 e. The minimum absolute atomic E-state index is 0.0315. The molecule has 1 aromatic carbocycles. The Morgan fingerprint density at radius 1 is 1.27 bits per heavy atom. The van der Waals surface area contributed by atoms with E-state index in [1.54, 1.807) is 24.3 Å². The second kappa shape index (κ2) is 6.36. The highest BCUT2D eigenvalue weighted by molar-refractivity contribution is 6.30. The maximum atomic E-state index is 12.1. The van der Waals surface area contributed by atoms with Crippen LogP contribution < -0.4 is 10.6 Å². The molecule has 0 aromatic heterocycles. The number of benzene rings is 1. The van der Waals surface area contributed by atoms with Crippen molar-refractivity contribution in [2.45, 2.75) is 37.8 Å². The normalized spacial score (nSPS) is 16.5. The smallest absolute Gasteiger partial charge is 0.329 e. The summed E-state index contributed by atoms with van der Waals surface area (Å²) in [6.07, 6.45) is 0.829. The minimum atomic E-state index is -1.13. The minimum Gasteiger partial charge on any atom is -0.480 e. The van der Waals surface area contributed by atoms with Crippen molar-refractivity contribution < 1.29 is 19.5 Å². The van der Waals surface area contributed by atoms with Gasteiger partial charge in [-0.3, -0.25) is 9.59 Å². The van der Waals surface area contributed by atoms with E-state index in [1.807, 2.05) is 0 Å². The van der Waals surface area contributed by atoms with Crippen LogP contribution in [0.25, 0.3) is 0 Å². The van der Waals surface area contributed by atoms with Crippen LogP contribution in [0.3, 0.4) is 0 Å². The van der Waals surface area contributed by atoms with Gasteiger partial charge in [0.2, 0.25) is 11.8 Å². The number of amides is 2. The number of hydrogen-bond donors (Lipinski definition) is 3. The van der Waals surface area contributed by atoms with Crippen molar-refractivity contribution in [3.63, 3.8) is 0 Å². The lowest BCUT2D eigenvalue weighted by Crippen LogP contribution is -2.44. The molecule has 1 fully saturated rings. The van der Waals surface area contributed by atoms with E-state index >= 15 is 0 Å². The predicted octanol–water partition coefficient (Wildman–Crippen LogP) is 1.64. The summed E-state index contributed by atoms with van der Waals surface area (Å²) in [5.74, 6) is -1.70. The summed E-state index contributed by atoms with van der Waals surface area (Å²) in [6, 6.07) is 6.26. The summed E-state index contributed by atoms with van der Waals surface area (Å²) in [5.41, 5.74) is -0.396. The van der Waals surface area contributed by atoms with Gasteiger partial charge in [-0.25, -0.2) is 4.79 Å². The molecule has 3 N–H and O–H groups in total. The van der Waals surface area contributed by atoms with E-state index < -0.39 is 23.5 Å². The van der Waals surface area contributed by atoms with Gasteiger partial charge in [0.05, 0.1) is 12.5 Å². The summed E-state index contributed by atoms with van der Waals surface area (Å²) in [4.78, 5) is 34.5. The van der Waals surface area contributed by atoms with Crippen LogP contribution >= 0.6 is 11.6 Å². The number of carboxylic acid groups (broad SMARTS) is 1. The third-order valence-corrected chi connectivity index (χ3v) is 3.83. The van der Waals surface area contributed by atoms with Crippen LogP contribution in [-0.2, 0) is 14.4 Å². The Kier molecular flexibility index (Phi) is 4.71. The number of carboxylic acids is 1. The quantitative estimate of drug-likeness (QED) is 0.741. The Morgan fingerprint density at radius 2 is 1.86 bits per heavy atom. The van der Waals surface area contributed by atoms with Crippen molar-refractivity contribution in [2.75, 3.05) is 0 Å². The van der Waals surface area contributed by atoms with E-state index in [4.69, 9.17) is 16.7 Å². The number of nitrogens with one attached hydrogen (secondary N) is 2. The predicted molar refractivity (Wildman–Crippen MR) is 80.4 cm³/mol. The molecule has 0 bridgehead atoms. The first-order chi connectivity index (χ1) is 10.3. The van der Waals surface area contributed by atoms with Crippen LogP contribution in [0.4, 0.5) is 0 Å². The first-order valence-corrected chi connectivity index (χ1v) is 7.27. The third-order valence-electron chi connectivity index (χ3n) is 3.58. The zero-order valence-corrected chi connectivity index (χ0v) is 12.8. The molecule has 1 atom stereocenters. The lowest BCUT2D eigenvalue weighted by Gasteiger charge is -2.20. The number of aliphatic carboxylic acids is 1. The third kappa shape index (κ3) is 3.98. The molecule has 0 heterocycles. The lowest BCUT2D eigenvalue weighted by molar-refractivity contribution is -0.143. The zero-order valence-electron chi connectivity index (χ0n) is 12.1. The monoisotopic (exact) mass is 324 g/mol. The standard InChI is InChI=1S/C15H17ClN2O4/c1-9(19)17-12(10-2-4-11(16)5-3-10)8-13(20)18-15(6-7-15)14(21)22/h2-5,12H,6-8H2,1H3,(H,17,19)(H,18,20)(H,21,22). The van der Waals surface area contributed by atoms with Crippen LogP contribution in [-0.4, -0.2) is 28.4 Å². The highest BCUT2D eigenvalue weighted by Gasteiger charge is 2.51. The van der Waals surface area contributed by atoms with Gasteiger partial charge >= 0.3 is 5.97 Å². The fraction of sp³-hybridized carbons (Fsp3) is 0.400. The largest absolute Gasteiger partial charge is 0.480 e. The second-order valence-electron chi connectivity index (χ2n) is 5.44. The maximum absolute atomic E-state index is 12.1. The van der Waals surface area contributed by atoms with Crippen molar-refractivity contribution in [2.24, 2.45) is 0 Å². The summed E-state index contributed by atoms with van der Waals surface area (Å²) < 4.78 is 0. The molecule has 0 aliphatic heterocycles. The first-order valence-electron chi connectivity index (χ1n) is 6.89. The van der Waals surface area contributed by atoms with Crippen LogP contribution in [0, 0.1) is 0 Å². The number of carbonyl (C=O) groups excluding carboxylic acids is 2. The molecule has 2 rings (SSSR count). The molecule has 1 aromatic rings. The molecule has 2 amide bonds. The average molecular weight is 325 g/mol. The lowest BCUT2D eigenvalue weighted by atomic mass is 10.0. The van der Waals surface area contributed by atoms with E-state index in [1.165, 1.54) is 6.92 Å². The molecular formula is C15H17ClN2O4. The van der Waals surface area contributed by atoms with Crippen LogP contribution in [0.5, 0.6) is 0 Å². The molecule has 1 unspecified atom stereocenters. The van der Waals surface area contributed by atoms with Crippen molar-refractivity contribution in [3.8, 4) is 0 Å². The van der Waals surface area contributed by atoms with Gasteiger partial charge in [0.1, 0.15) is 5.54 Å². The zero-order chi connectivity index (χ0) is 16.3. The Labute approximate surface area is 132 Å². The molecule has 118 valence electrons. The summed E-state index contributed by atoms with van der Waals surface area (Å²) in [6.45, 7) is 1.36. The Hall–Kier alpha value is -2.08. The van der Waals surface area contributed by atoms with E-state index in [0.717, 1.165) is 5.56 Å². The first kappa shape index (κ1) is 16.3. The molecule has 1 aliphatic rings. The molecule has 6 nitrogen and oxygen atoms in total. The Bertz CT molecular complexity index is 596. The number of rotatable bonds is 6. The molecule has 7 heteroatoms. The van der Waals surface area contributed by atoms with Crippen LogP contribution in [0.15, 0.2) is 24.3 Å². The molecule has 1 saturated carbocycles. The Morgan fingerprint density at radius 3 is 2.32 bits per heavy atom. The Balaban J connectivity index is 2.06. The number of hydrogen-bond acceptors (Lipinski definition) is 3. The van der Waals surface area contributed by atoms with Crippen molar-refractivity contribution in [3.05, 3.63) is 34.9 Å². The molecule has 0 spiro atoms. The van der Waals surface area contributed by atoms with Gasteiger partial charge in [0.15, 0.2) is 0 Å². The van der Waals surface area contributed by atoms with E-state index in [0.29, 0.717) is 17.9 Å². The van der Waals surface area contributed by atoms with Gasteiger partial charge in [0.25, 0.3) is 0 Å². The fourth-order valence-corrected chi connectivity index (χ4v) is 2.34. The summed E-state index contributed by atoms with van der Waals surface area (Å²) >= 11 is 5.83. The molecule has 0 radical (unpaired) electrons. The van der Waals surface area contributed by atoms with Gasteiger partial charge < -0.3 is 15.7 Å².